The first-order chi connectivity index (χ1) is 10.7. The maximum Gasteiger partial charge on any atom is 0.260 e. The van der Waals surface area contributed by atoms with Crippen molar-refractivity contribution in [1.29, 1.82) is 0 Å². The standard InChI is InChI=1S/C18H19ClFNO2/c1-18(2,3)11-8-9-15(23-4)14(10-11)21-17(22)16-12(19)6-5-7-13(16)20/h5-10H,1-4H3,(H,21,22). The number of anilines is 1. The predicted octanol–water partition coefficient (Wildman–Crippen LogP) is 5.04. The van der Waals surface area contributed by atoms with E-state index in [-0.39, 0.29) is 16.0 Å². The number of benzene rings is 2. The molecule has 1 amide bonds. The SMILES string of the molecule is COc1ccc(C(C)(C)C)cc1NC(=O)c1c(F)cccc1Cl. The van der Waals surface area contributed by atoms with Crippen LogP contribution in [0.2, 0.25) is 5.02 Å². The lowest BCUT2D eigenvalue weighted by Gasteiger charge is -2.21. The fourth-order valence-corrected chi connectivity index (χ4v) is 2.42. The van der Waals surface area contributed by atoms with E-state index in [1.165, 1.54) is 25.3 Å². The van der Waals surface area contributed by atoms with Crippen molar-refractivity contribution in [2.75, 3.05) is 12.4 Å². The van der Waals surface area contributed by atoms with Crippen molar-refractivity contribution in [3.63, 3.8) is 0 Å². The number of halogens is 2. The van der Waals surface area contributed by atoms with Crippen LogP contribution in [0.3, 0.4) is 0 Å². The monoisotopic (exact) mass is 335 g/mol. The van der Waals surface area contributed by atoms with Crippen molar-refractivity contribution in [2.45, 2.75) is 26.2 Å². The first-order valence-electron chi connectivity index (χ1n) is 7.18. The summed E-state index contributed by atoms with van der Waals surface area (Å²) < 4.78 is 19.1. The number of hydrogen-bond acceptors (Lipinski definition) is 2. The second-order valence-corrected chi connectivity index (χ2v) is 6.62. The highest BCUT2D eigenvalue weighted by atomic mass is 35.5. The second-order valence-electron chi connectivity index (χ2n) is 6.22. The highest BCUT2D eigenvalue weighted by Crippen LogP contribution is 2.32. The molecular weight excluding hydrogens is 317 g/mol. The van der Waals surface area contributed by atoms with Crippen LogP contribution in [0.5, 0.6) is 5.75 Å². The van der Waals surface area contributed by atoms with Crippen molar-refractivity contribution >= 4 is 23.2 Å². The Hall–Kier alpha value is -2.07. The minimum absolute atomic E-state index is 0.0634. The highest BCUT2D eigenvalue weighted by molar-refractivity contribution is 6.34. The Balaban J connectivity index is 2.41. The van der Waals surface area contributed by atoms with E-state index >= 15 is 0 Å². The van der Waals surface area contributed by atoms with E-state index in [2.05, 4.69) is 26.1 Å². The van der Waals surface area contributed by atoms with Gasteiger partial charge in [-0.15, -0.1) is 0 Å². The Morgan fingerprint density at radius 1 is 1.22 bits per heavy atom. The van der Waals surface area contributed by atoms with E-state index < -0.39 is 11.7 Å². The number of hydrogen-bond donors (Lipinski definition) is 1. The molecule has 0 fully saturated rings. The average Bonchev–Trinajstić information content (AvgIpc) is 2.46. The zero-order chi connectivity index (χ0) is 17.2. The highest BCUT2D eigenvalue weighted by Gasteiger charge is 2.20. The molecule has 0 aliphatic rings. The molecule has 23 heavy (non-hydrogen) atoms. The molecule has 0 aliphatic carbocycles. The number of carbonyl (C=O) groups excluding carboxylic acids is 1. The molecule has 0 saturated heterocycles. The van der Waals surface area contributed by atoms with Gasteiger partial charge in [-0.2, -0.15) is 0 Å². The summed E-state index contributed by atoms with van der Waals surface area (Å²) >= 11 is 5.94. The topological polar surface area (TPSA) is 38.3 Å². The predicted molar refractivity (Wildman–Crippen MR) is 91.1 cm³/mol. The lowest BCUT2D eigenvalue weighted by molar-refractivity contribution is 0.102. The Bertz CT molecular complexity index is 718. The molecule has 3 nitrogen and oxygen atoms in total. The largest absolute Gasteiger partial charge is 0.495 e. The van der Waals surface area contributed by atoms with E-state index in [1.54, 1.807) is 6.07 Å². The molecule has 0 aliphatic heterocycles. The van der Waals surface area contributed by atoms with E-state index in [0.29, 0.717) is 11.4 Å². The molecule has 0 heterocycles. The van der Waals surface area contributed by atoms with Gasteiger partial charge in [-0.3, -0.25) is 4.79 Å². The summed E-state index contributed by atoms with van der Waals surface area (Å²) in [6, 6.07) is 9.66. The Labute approximate surface area is 140 Å². The summed E-state index contributed by atoms with van der Waals surface area (Å²) in [6.45, 7) is 6.19. The van der Waals surface area contributed by atoms with Gasteiger partial charge < -0.3 is 10.1 Å². The molecular formula is C18H19ClFNO2. The van der Waals surface area contributed by atoms with Gasteiger partial charge in [0.05, 0.1) is 23.4 Å². The molecule has 0 bridgehead atoms. The smallest absolute Gasteiger partial charge is 0.260 e. The molecule has 0 spiro atoms. The van der Waals surface area contributed by atoms with Crippen molar-refractivity contribution in [2.24, 2.45) is 0 Å². The fraction of sp³-hybridized carbons (Fsp3) is 0.278. The number of amides is 1. The summed E-state index contributed by atoms with van der Waals surface area (Å²) in [6.07, 6.45) is 0. The number of methoxy groups -OCH3 is 1. The van der Waals surface area contributed by atoms with Crippen LogP contribution in [0.25, 0.3) is 0 Å². The summed E-state index contributed by atoms with van der Waals surface area (Å²) in [5, 5.41) is 2.75. The minimum Gasteiger partial charge on any atom is -0.495 e. The fourth-order valence-electron chi connectivity index (χ4n) is 2.17. The summed E-state index contributed by atoms with van der Waals surface area (Å²) in [7, 11) is 1.51. The van der Waals surface area contributed by atoms with Crippen LogP contribution in [-0.2, 0) is 5.41 Å². The molecule has 2 aromatic carbocycles. The molecule has 0 unspecified atom stereocenters. The van der Waals surface area contributed by atoms with Gasteiger partial charge >= 0.3 is 0 Å². The zero-order valence-electron chi connectivity index (χ0n) is 13.5. The van der Waals surface area contributed by atoms with Crippen LogP contribution in [0.15, 0.2) is 36.4 Å². The zero-order valence-corrected chi connectivity index (χ0v) is 14.3. The normalized spacial score (nSPS) is 11.2. The van der Waals surface area contributed by atoms with Crippen molar-refractivity contribution < 1.29 is 13.9 Å². The second kappa shape index (κ2) is 6.59. The quantitative estimate of drug-likeness (QED) is 0.853. The van der Waals surface area contributed by atoms with Gasteiger partial charge in [0.2, 0.25) is 0 Å². The maximum atomic E-state index is 13.9. The summed E-state index contributed by atoms with van der Waals surface area (Å²) in [4.78, 5) is 12.4. The minimum atomic E-state index is -0.666. The lowest BCUT2D eigenvalue weighted by Crippen LogP contribution is -2.17. The van der Waals surface area contributed by atoms with Gasteiger partial charge in [0.1, 0.15) is 11.6 Å². The van der Waals surface area contributed by atoms with E-state index in [0.717, 1.165) is 5.56 Å². The molecule has 122 valence electrons. The number of rotatable bonds is 3. The van der Waals surface area contributed by atoms with Crippen molar-refractivity contribution in [3.05, 3.63) is 58.4 Å². The molecule has 0 aromatic heterocycles. The van der Waals surface area contributed by atoms with Gasteiger partial charge in [-0.05, 0) is 35.2 Å². The van der Waals surface area contributed by atoms with Crippen molar-refractivity contribution in [3.8, 4) is 5.75 Å². The Kier molecular flexibility index (Phi) is 4.95. The van der Waals surface area contributed by atoms with Gasteiger partial charge in [-0.1, -0.05) is 44.5 Å². The third kappa shape index (κ3) is 3.82. The van der Waals surface area contributed by atoms with E-state index in [9.17, 15) is 9.18 Å². The Morgan fingerprint density at radius 3 is 2.48 bits per heavy atom. The van der Waals surface area contributed by atoms with E-state index in [1.807, 2.05) is 12.1 Å². The first kappa shape index (κ1) is 17.3. The molecule has 2 aromatic rings. The van der Waals surface area contributed by atoms with E-state index in [4.69, 9.17) is 16.3 Å². The summed E-state index contributed by atoms with van der Waals surface area (Å²) in [5.41, 5.74) is 1.22. The van der Waals surface area contributed by atoms with Gasteiger partial charge in [0.15, 0.2) is 0 Å². The van der Waals surface area contributed by atoms with Crippen LogP contribution < -0.4 is 10.1 Å². The summed E-state index contributed by atoms with van der Waals surface area (Å²) in [5.74, 6) is -0.780. The number of ether oxygens (including phenoxy) is 1. The van der Waals surface area contributed by atoms with Crippen LogP contribution in [-0.4, -0.2) is 13.0 Å². The van der Waals surface area contributed by atoms with Gasteiger partial charge in [-0.25, -0.2) is 4.39 Å². The number of carbonyl (C=O) groups is 1. The van der Waals surface area contributed by atoms with Crippen LogP contribution >= 0.6 is 11.6 Å². The third-order valence-electron chi connectivity index (χ3n) is 3.50. The van der Waals surface area contributed by atoms with Crippen LogP contribution in [0.4, 0.5) is 10.1 Å². The third-order valence-corrected chi connectivity index (χ3v) is 3.82. The van der Waals surface area contributed by atoms with Crippen LogP contribution in [0, 0.1) is 5.82 Å². The first-order valence-corrected chi connectivity index (χ1v) is 7.55. The molecule has 5 heteroatoms. The average molecular weight is 336 g/mol. The van der Waals surface area contributed by atoms with Gasteiger partial charge in [0.25, 0.3) is 5.91 Å². The number of nitrogens with one attached hydrogen (secondary N) is 1. The molecule has 0 atom stereocenters. The lowest BCUT2D eigenvalue weighted by atomic mass is 9.87. The molecule has 2 rings (SSSR count). The molecule has 1 N–H and O–H groups in total. The van der Waals surface area contributed by atoms with Crippen LogP contribution in [0.1, 0.15) is 36.7 Å². The van der Waals surface area contributed by atoms with Gasteiger partial charge in [0, 0.05) is 0 Å². The maximum absolute atomic E-state index is 13.9. The van der Waals surface area contributed by atoms with Crippen molar-refractivity contribution in [1.82, 2.24) is 0 Å². The molecule has 0 radical (unpaired) electrons. The Morgan fingerprint density at radius 2 is 1.91 bits per heavy atom. The molecule has 0 saturated carbocycles.